The van der Waals surface area contributed by atoms with Crippen LogP contribution in [-0.4, -0.2) is 24.7 Å². The van der Waals surface area contributed by atoms with Gasteiger partial charge in [0, 0.05) is 33.7 Å². The number of halogens is 1. The molecule has 0 aromatic heterocycles. The number of carbonyl (C=O) groups is 2. The second-order valence-corrected chi connectivity index (χ2v) is 15.4. The molecule has 54 heavy (non-hydrogen) atoms. The summed E-state index contributed by atoms with van der Waals surface area (Å²) >= 11 is 6.97. The van der Waals surface area contributed by atoms with E-state index in [0.717, 1.165) is 22.3 Å². The van der Waals surface area contributed by atoms with Crippen molar-refractivity contribution in [3.05, 3.63) is 166 Å². The summed E-state index contributed by atoms with van der Waals surface area (Å²) in [5, 5.41) is 3.37. The van der Waals surface area contributed by atoms with Gasteiger partial charge >= 0.3 is 12.1 Å². The molecule has 0 spiro atoms. The molecule has 2 aliphatic carbocycles. The molecular formula is C48H50ClNO4. The lowest BCUT2D eigenvalue weighted by Crippen LogP contribution is -2.39. The van der Waals surface area contributed by atoms with Crippen LogP contribution >= 0.6 is 11.6 Å². The molecule has 0 radical (unpaired) electrons. The summed E-state index contributed by atoms with van der Waals surface area (Å²) in [6.45, 7) is 1.98. The van der Waals surface area contributed by atoms with Gasteiger partial charge in [0.05, 0.1) is 6.42 Å². The van der Waals surface area contributed by atoms with Crippen molar-refractivity contribution in [1.82, 2.24) is 5.32 Å². The number of rotatable bonds is 10. The number of nitrogens with one attached hydrogen (secondary N) is 1. The Kier molecular flexibility index (Phi) is 12.1. The van der Waals surface area contributed by atoms with Gasteiger partial charge in [0.2, 0.25) is 0 Å². The Bertz CT molecular complexity index is 1970. The van der Waals surface area contributed by atoms with Crippen molar-refractivity contribution < 1.29 is 19.1 Å². The Hall–Kier alpha value is -4.87. The molecular weight excluding hydrogens is 690 g/mol. The molecule has 0 heterocycles. The normalized spacial score (nSPS) is 16.6. The highest BCUT2D eigenvalue weighted by molar-refractivity contribution is 6.31. The molecule has 1 N–H and O–H groups in total. The van der Waals surface area contributed by atoms with E-state index in [1.54, 1.807) is 6.92 Å². The van der Waals surface area contributed by atoms with Gasteiger partial charge in [0.15, 0.2) is 5.60 Å². The molecule has 5 aromatic rings. The molecule has 5 aromatic carbocycles. The zero-order chi connectivity index (χ0) is 37.3. The Morgan fingerprint density at radius 3 is 1.85 bits per heavy atom. The number of esters is 1. The van der Waals surface area contributed by atoms with Crippen LogP contribution in [0.3, 0.4) is 0 Å². The number of hydrogen-bond donors (Lipinski definition) is 1. The third kappa shape index (κ3) is 8.27. The van der Waals surface area contributed by atoms with Crippen molar-refractivity contribution in [1.29, 1.82) is 0 Å². The fourth-order valence-electron chi connectivity index (χ4n) is 8.56. The van der Waals surface area contributed by atoms with Crippen molar-refractivity contribution in [3.63, 3.8) is 0 Å². The molecule has 2 atom stereocenters. The molecule has 1 saturated carbocycles. The van der Waals surface area contributed by atoms with Crippen LogP contribution in [-0.2, 0) is 19.9 Å². The SMILES string of the molecule is C[C@@H](CC(=O)OC(c1ccccc1)(c1ccc(C2CCCCCCCCC2)cc1)c1ccccc1Cl)NC(=O)OCC1c2ccccc2-c2ccccc21. The highest BCUT2D eigenvalue weighted by Crippen LogP contribution is 2.46. The molecule has 6 heteroatoms. The average molecular weight is 740 g/mol. The number of alkyl carbamates (subject to hydrolysis) is 1. The first kappa shape index (κ1) is 37.4. The zero-order valence-corrected chi connectivity index (χ0v) is 31.9. The van der Waals surface area contributed by atoms with Crippen molar-refractivity contribution in [3.8, 4) is 11.1 Å². The van der Waals surface area contributed by atoms with Gasteiger partial charge in [-0.2, -0.15) is 0 Å². The average Bonchev–Trinajstić information content (AvgIpc) is 3.52. The van der Waals surface area contributed by atoms with Crippen molar-refractivity contribution in [2.45, 2.75) is 94.6 Å². The fourth-order valence-corrected chi connectivity index (χ4v) is 8.83. The molecule has 1 amide bonds. The third-order valence-corrected chi connectivity index (χ3v) is 11.6. The Morgan fingerprint density at radius 1 is 0.685 bits per heavy atom. The monoisotopic (exact) mass is 739 g/mol. The number of fused-ring (bicyclic) bond motifs is 3. The molecule has 278 valence electrons. The lowest BCUT2D eigenvalue weighted by molar-refractivity contribution is -0.154. The predicted octanol–water partition coefficient (Wildman–Crippen LogP) is 12.1. The van der Waals surface area contributed by atoms with E-state index in [1.807, 2.05) is 78.9 Å². The van der Waals surface area contributed by atoms with E-state index >= 15 is 0 Å². The highest BCUT2D eigenvalue weighted by atomic mass is 35.5. The topological polar surface area (TPSA) is 64.6 Å². The maximum atomic E-state index is 14.1. The highest BCUT2D eigenvalue weighted by Gasteiger charge is 2.42. The van der Waals surface area contributed by atoms with Gasteiger partial charge in [-0.3, -0.25) is 4.79 Å². The quantitative estimate of drug-likeness (QED) is 0.114. The smallest absolute Gasteiger partial charge is 0.407 e. The summed E-state index contributed by atoms with van der Waals surface area (Å²) in [7, 11) is 0. The van der Waals surface area contributed by atoms with Crippen LogP contribution < -0.4 is 5.32 Å². The van der Waals surface area contributed by atoms with Gasteiger partial charge in [0.1, 0.15) is 6.61 Å². The molecule has 0 bridgehead atoms. The Balaban J connectivity index is 1.10. The lowest BCUT2D eigenvalue weighted by Gasteiger charge is -2.36. The summed E-state index contributed by atoms with van der Waals surface area (Å²) in [5.74, 6) is -0.0179. The maximum Gasteiger partial charge on any atom is 0.407 e. The maximum absolute atomic E-state index is 14.1. The van der Waals surface area contributed by atoms with Crippen LogP contribution in [0.25, 0.3) is 11.1 Å². The van der Waals surface area contributed by atoms with Crippen LogP contribution in [0.15, 0.2) is 127 Å². The number of hydrogen-bond acceptors (Lipinski definition) is 4. The fraction of sp³-hybridized carbons (Fsp3) is 0.333. The van der Waals surface area contributed by atoms with Crippen molar-refractivity contribution in [2.24, 2.45) is 0 Å². The minimum absolute atomic E-state index is 0.0574. The largest absolute Gasteiger partial charge is 0.449 e. The number of ether oxygens (including phenoxy) is 2. The second kappa shape index (κ2) is 17.5. The molecule has 1 fully saturated rings. The van der Waals surface area contributed by atoms with Crippen LogP contribution in [0.2, 0.25) is 5.02 Å². The minimum Gasteiger partial charge on any atom is -0.449 e. The van der Waals surface area contributed by atoms with Gasteiger partial charge in [-0.15, -0.1) is 0 Å². The molecule has 1 unspecified atom stereocenters. The molecule has 5 nitrogen and oxygen atoms in total. The van der Waals surface area contributed by atoms with Gasteiger partial charge in [-0.25, -0.2) is 4.79 Å². The van der Waals surface area contributed by atoms with Crippen LogP contribution in [0.5, 0.6) is 0 Å². The Morgan fingerprint density at radius 2 is 1.22 bits per heavy atom. The summed E-state index contributed by atoms with van der Waals surface area (Å²) in [6.07, 6.45) is 10.8. The van der Waals surface area contributed by atoms with E-state index in [4.69, 9.17) is 21.1 Å². The summed E-state index contributed by atoms with van der Waals surface area (Å²) in [6, 6.07) is 41.9. The lowest BCUT2D eigenvalue weighted by atomic mass is 9.78. The number of carbonyl (C=O) groups excluding carboxylic acids is 2. The number of amides is 1. The van der Waals surface area contributed by atoms with E-state index < -0.39 is 23.7 Å². The standard InChI is InChI=1S/C48H50ClNO4/c1-34(50-47(52)53-33-43-41-24-14-12-22-39(41)40-23-13-15-25-42(40)43)32-46(51)54-48(37-20-10-7-11-21-37,44-26-16-17-27-45(44)49)38-30-28-36(29-31-38)35-18-8-5-3-2-4-6-9-19-35/h7,10-17,20-31,34-35,43H,2-6,8-9,18-19,32-33H2,1H3,(H,50,52)/t34-,48?/m0/s1. The van der Waals surface area contributed by atoms with Crippen molar-refractivity contribution >= 4 is 23.7 Å². The zero-order valence-electron chi connectivity index (χ0n) is 31.1. The predicted molar refractivity (Wildman–Crippen MR) is 217 cm³/mol. The minimum atomic E-state index is -1.32. The molecule has 0 saturated heterocycles. The summed E-state index contributed by atoms with van der Waals surface area (Å²) in [5.41, 5.74) is 6.90. The van der Waals surface area contributed by atoms with E-state index in [1.165, 1.54) is 74.5 Å². The molecule has 7 rings (SSSR count). The van der Waals surface area contributed by atoms with Crippen LogP contribution in [0.1, 0.15) is 116 Å². The van der Waals surface area contributed by atoms with Gasteiger partial charge in [0.25, 0.3) is 0 Å². The molecule has 0 aliphatic heterocycles. The van der Waals surface area contributed by atoms with Gasteiger partial charge < -0.3 is 14.8 Å². The van der Waals surface area contributed by atoms with Crippen LogP contribution in [0, 0.1) is 0 Å². The van der Waals surface area contributed by atoms with Crippen molar-refractivity contribution in [2.75, 3.05) is 6.61 Å². The number of benzene rings is 5. The molecule has 2 aliphatic rings. The van der Waals surface area contributed by atoms with E-state index in [-0.39, 0.29) is 18.9 Å². The summed E-state index contributed by atoms with van der Waals surface area (Å²) in [4.78, 5) is 27.3. The van der Waals surface area contributed by atoms with Gasteiger partial charge in [-0.05, 0) is 59.6 Å². The first-order valence-electron chi connectivity index (χ1n) is 19.7. The summed E-state index contributed by atoms with van der Waals surface area (Å²) < 4.78 is 12.5. The first-order valence-corrected chi connectivity index (χ1v) is 20.1. The van der Waals surface area contributed by atoms with Crippen LogP contribution in [0.4, 0.5) is 4.79 Å². The van der Waals surface area contributed by atoms with E-state index in [2.05, 4.69) is 53.8 Å². The van der Waals surface area contributed by atoms with E-state index in [9.17, 15) is 9.59 Å². The van der Waals surface area contributed by atoms with E-state index in [0.29, 0.717) is 16.5 Å². The Labute approximate surface area is 325 Å². The van der Waals surface area contributed by atoms with Gasteiger partial charge in [-0.1, -0.05) is 178 Å². The third-order valence-electron chi connectivity index (χ3n) is 11.3. The second-order valence-electron chi connectivity index (χ2n) is 14.9. The first-order chi connectivity index (χ1) is 26.4.